The lowest BCUT2D eigenvalue weighted by Gasteiger charge is -2.02. The number of nitrogens with zero attached hydrogens (tertiary/aromatic N) is 2. The van der Waals surface area contributed by atoms with Crippen LogP contribution in [0, 0.1) is 0 Å². The molecule has 3 heterocycles. The number of rotatable bonds is 9. The van der Waals surface area contributed by atoms with Gasteiger partial charge in [0.15, 0.2) is 5.78 Å². The molecule has 0 saturated carbocycles. The van der Waals surface area contributed by atoms with Crippen LogP contribution in [-0.2, 0) is 48.1 Å². The first-order chi connectivity index (χ1) is 17.0. The van der Waals surface area contributed by atoms with Crippen LogP contribution in [-0.4, -0.2) is 67.9 Å². The topological polar surface area (TPSA) is 114 Å². The molecule has 0 N–H and O–H groups in total. The third kappa shape index (κ3) is 9.85. The van der Waals surface area contributed by atoms with Crippen LogP contribution >= 0.6 is 0 Å². The maximum Gasteiger partial charge on any atom is 0.339 e. The summed E-state index contributed by atoms with van der Waals surface area (Å²) in [6.07, 6.45) is 11.3. The number of esters is 2. The molecule has 1 aliphatic rings. The molecule has 9 nitrogen and oxygen atoms in total. The van der Waals surface area contributed by atoms with Gasteiger partial charge < -0.3 is 18.6 Å². The number of carbonyl (C=O) groups is 4. The molecule has 0 saturated heterocycles. The Morgan fingerprint density at radius 2 is 1.72 bits per heavy atom. The minimum atomic E-state index is -2.12. The molecule has 10 heteroatoms. The van der Waals surface area contributed by atoms with Crippen LogP contribution in [0.4, 0.5) is 0 Å². The third-order valence-electron chi connectivity index (χ3n) is 5.25. The Kier molecular flexibility index (Phi) is 11.2. The maximum atomic E-state index is 11.5. The van der Waals surface area contributed by atoms with Gasteiger partial charge in [-0.2, -0.15) is 0 Å². The second kappa shape index (κ2) is 13.8. The molecule has 0 atom stereocenters. The maximum absolute atomic E-state index is 11.5. The fourth-order valence-corrected chi connectivity index (χ4v) is 4.45. The van der Waals surface area contributed by atoms with Crippen molar-refractivity contribution >= 4 is 38.4 Å². The summed E-state index contributed by atoms with van der Waals surface area (Å²) in [5.74, 6) is -0.507. The molecule has 0 unspecified atom stereocenters. The van der Waals surface area contributed by atoms with E-state index >= 15 is 0 Å². The van der Waals surface area contributed by atoms with Crippen molar-refractivity contribution in [3.05, 3.63) is 47.5 Å². The van der Waals surface area contributed by atoms with E-state index in [1.807, 2.05) is 9.13 Å². The van der Waals surface area contributed by atoms with E-state index < -0.39 is 9.52 Å². The molecule has 3 rings (SSSR count). The number of hydrogen-bond acceptors (Lipinski definition) is 7. The van der Waals surface area contributed by atoms with Crippen molar-refractivity contribution in [2.45, 2.75) is 59.0 Å². The first-order valence-corrected chi connectivity index (χ1v) is 14.5. The van der Waals surface area contributed by atoms with Gasteiger partial charge in [-0.15, -0.1) is 0 Å². The summed E-state index contributed by atoms with van der Waals surface area (Å²) in [5.41, 5.74) is 1.98. The lowest BCUT2D eigenvalue weighted by Crippen LogP contribution is -2.09. The number of aromatic nitrogens is 2. The predicted molar refractivity (Wildman–Crippen MR) is 139 cm³/mol. The normalized spacial score (nSPS) is 13.1. The molecular weight excluding hydrogens is 484 g/mol. The Morgan fingerprint density at radius 3 is 2.36 bits per heavy atom. The van der Waals surface area contributed by atoms with Crippen molar-refractivity contribution in [3.63, 3.8) is 0 Å². The van der Waals surface area contributed by atoms with Gasteiger partial charge in [0, 0.05) is 74.5 Å². The first-order valence-electron chi connectivity index (χ1n) is 12.0. The third-order valence-corrected chi connectivity index (χ3v) is 6.08. The highest BCUT2D eigenvalue weighted by molar-refractivity contribution is 8.01. The number of carbonyl (C=O) groups excluding carboxylic acids is 4. The molecule has 2 aromatic heterocycles. The second-order valence-electron chi connectivity index (χ2n) is 8.81. The fraction of sp³-hybridized carbons (Fsp3) is 0.500. The Labute approximate surface area is 212 Å². The highest BCUT2D eigenvalue weighted by atomic mass is 32.2. The fourth-order valence-electron chi connectivity index (χ4n) is 3.70. The summed E-state index contributed by atoms with van der Waals surface area (Å²) >= 11 is 0. The molecule has 2 aromatic rings. The SMILES string of the molecule is CCOC(=O)c1cc2n(c1)CCCC(=O)C2.CCOC(=O)c1ccn(CCCC(=O)C=S(C)(C)=O)c1. The molecule has 0 amide bonds. The lowest BCUT2D eigenvalue weighted by atomic mass is 10.1. The van der Waals surface area contributed by atoms with Gasteiger partial charge in [-0.1, -0.05) is 0 Å². The van der Waals surface area contributed by atoms with Crippen LogP contribution in [0.5, 0.6) is 0 Å². The average Bonchev–Trinajstić information content (AvgIpc) is 3.37. The molecule has 0 bridgehead atoms. The zero-order valence-electron chi connectivity index (χ0n) is 21.5. The van der Waals surface area contributed by atoms with Gasteiger partial charge in [0.05, 0.1) is 24.3 Å². The number of fused-ring (bicyclic) bond motifs is 1. The summed E-state index contributed by atoms with van der Waals surface area (Å²) in [5, 5.41) is 1.30. The van der Waals surface area contributed by atoms with Crippen LogP contribution < -0.4 is 0 Å². The van der Waals surface area contributed by atoms with Gasteiger partial charge in [-0.05, 0) is 48.3 Å². The molecule has 1 aliphatic heterocycles. The summed E-state index contributed by atoms with van der Waals surface area (Å²) in [4.78, 5) is 45.9. The summed E-state index contributed by atoms with van der Waals surface area (Å²) in [6, 6.07) is 3.46. The van der Waals surface area contributed by atoms with Crippen molar-refractivity contribution in [1.29, 1.82) is 0 Å². The van der Waals surface area contributed by atoms with Crippen LogP contribution in [0.2, 0.25) is 0 Å². The van der Waals surface area contributed by atoms with Gasteiger partial charge in [0.25, 0.3) is 0 Å². The second-order valence-corrected chi connectivity index (χ2v) is 11.7. The predicted octanol–water partition coefficient (Wildman–Crippen LogP) is 2.93. The van der Waals surface area contributed by atoms with E-state index in [0.717, 1.165) is 18.7 Å². The largest absolute Gasteiger partial charge is 0.462 e. The van der Waals surface area contributed by atoms with Gasteiger partial charge in [-0.3, -0.25) is 13.8 Å². The first kappa shape index (κ1) is 29.1. The smallest absolute Gasteiger partial charge is 0.339 e. The average molecular weight is 521 g/mol. The zero-order valence-corrected chi connectivity index (χ0v) is 22.3. The van der Waals surface area contributed by atoms with Gasteiger partial charge in [0.1, 0.15) is 5.78 Å². The van der Waals surface area contributed by atoms with Crippen LogP contribution in [0.25, 0.3) is 0 Å². The molecule has 0 spiro atoms. The number of Topliss-reactive ketones (excluding diaryl/α,β-unsaturated/α-hetero) is 2. The summed E-state index contributed by atoms with van der Waals surface area (Å²) < 4.78 is 25.1. The van der Waals surface area contributed by atoms with E-state index in [-0.39, 0.29) is 23.5 Å². The van der Waals surface area contributed by atoms with E-state index in [4.69, 9.17) is 9.47 Å². The van der Waals surface area contributed by atoms with Gasteiger partial charge in [0.2, 0.25) is 0 Å². The standard InChI is InChI=1S/C14H21NO4S.C12H15NO3/c1-4-19-14(17)12-7-9-15(10-12)8-5-6-13(16)11-20(2,3)18;1-2-16-12(15)9-6-10-7-11(14)4-3-5-13(10)8-9/h7,9-11H,4-6,8H2,1-3H3;6,8H,2-5,7H2,1H3. The van der Waals surface area contributed by atoms with E-state index in [1.54, 1.807) is 57.1 Å². The van der Waals surface area contributed by atoms with Crippen molar-refractivity contribution in [3.8, 4) is 0 Å². The summed E-state index contributed by atoms with van der Waals surface area (Å²) in [7, 11) is -2.12. The molecule has 36 heavy (non-hydrogen) atoms. The van der Waals surface area contributed by atoms with Gasteiger partial charge in [-0.25, -0.2) is 9.59 Å². The van der Waals surface area contributed by atoms with Crippen molar-refractivity contribution in [2.24, 2.45) is 0 Å². The monoisotopic (exact) mass is 520 g/mol. The molecule has 0 aromatic carbocycles. The number of aryl methyl sites for hydroxylation is 2. The van der Waals surface area contributed by atoms with Crippen molar-refractivity contribution < 1.29 is 32.9 Å². The minimum Gasteiger partial charge on any atom is -0.462 e. The Morgan fingerprint density at radius 1 is 1.06 bits per heavy atom. The van der Waals surface area contributed by atoms with Crippen molar-refractivity contribution in [1.82, 2.24) is 9.13 Å². The van der Waals surface area contributed by atoms with E-state index in [2.05, 4.69) is 0 Å². The number of ether oxygens (including phenoxy) is 2. The van der Waals surface area contributed by atoms with E-state index in [1.165, 1.54) is 5.37 Å². The molecule has 0 fully saturated rings. The van der Waals surface area contributed by atoms with Crippen molar-refractivity contribution in [2.75, 3.05) is 25.7 Å². The highest BCUT2D eigenvalue weighted by Gasteiger charge is 2.18. The summed E-state index contributed by atoms with van der Waals surface area (Å²) in [6.45, 7) is 5.70. The zero-order chi connectivity index (χ0) is 26.7. The van der Waals surface area contributed by atoms with Crippen LogP contribution in [0.1, 0.15) is 65.9 Å². The number of ketones is 2. The van der Waals surface area contributed by atoms with E-state index in [9.17, 15) is 23.4 Å². The van der Waals surface area contributed by atoms with Gasteiger partial charge >= 0.3 is 11.9 Å². The van der Waals surface area contributed by atoms with Crippen LogP contribution in [0.15, 0.2) is 30.7 Å². The quantitative estimate of drug-likeness (QED) is 0.369. The van der Waals surface area contributed by atoms with E-state index in [0.29, 0.717) is 56.6 Å². The lowest BCUT2D eigenvalue weighted by molar-refractivity contribution is -0.118. The Balaban J connectivity index is 0.000000259. The Bertz CT molecular complexity index is 1190. The highest BCUT2D eigenvalue weighted by Crippen LogP contribution is 2.16. The minimum absolute atomic E-state index is 0.0993. The molecule has 0 radical (unpaired) electrons. The molecule has 198 valence electrons. The Hall–Kier alpha value is -3.14. The molecular formula is C26H36N2O7S. The molecule has 0 aliphatic carbocycles. The van der Waals surface area contributed by atoms with Crippen LogP contribution in [0.3, 0.4) is 0 Å². The number of hydrogen-bond donors (Lipinski definition) is 0.